The number of nitrogens with one attached hydrogen (secondary N) is 3. The van der Waals surface area contributed by atoms with E-state index in [1.165, 1.54) is 6.07 Å². The number of pyridine rings is 1. The van der Waals surface area contributed by atoms with Crippen LogP contribution < -0.4 is 16.1 Å². The highest BCUT2D eigenvalue weighted by Crippen LogP contribution is 2.29. The maximum absolute atomic E-state index is 12.5. The van der Waals surface area contributed by atoms with Crippen molar-refractivity contribution in [3.05, 3.63) is 52.1 Å². The number of hydrogen-bond donors (Lipinski definition) is 3. The van der Waals surface area contributed by atoms with Gasteiger partial charge in [-0.2, -0.15) is 0 Å². The highest BCUT2D eigenvalue weighted by Gasteiger charge is 2.22. The second-order valence-electron chi connectivity index (χ2n) is 8.38. The fraction of sp³-hybridized carbons (Fsp3) is 0.455. The summed E-state index contributed by atoms with van der Waals surface area (Å²) in [5, 5.41) is 19.7. The number of benzene rings is 1. The number of likely N-dealkylation sites (N-methyl/N-ethyl adjacent to an activating group) is 1. The number of carbonyl (C=O) groups is 1. The lowest BCUT2D eigenvalue weighted by Crippen LogP contribution is -2.52. The van der Waals surface area contributed by atoms with E-state index in [2.05, 4.69) is 33.0 Å². The van der Waals surface area contributed by atoms with E-state index < -0.39 is 4.92 Å². The second kappa shape index (κ2) is 9.92. The molecule has 2 aromatic rings. The third-order valence-electron chi connectivity index (χ3n) is 5.95. The van der Waals surface area contributed by atoms with Crippen molar-refractivity contribution in [3.8, 4) is 0 Å². The summed E-state index contributed by atoms with van der Waals surface area (Å²) in [6, 6.07) is 10.4. The van der Waals surface area contributed by atoms with Gasteiger partial charge in [0.15, 0.2) is 0 Å². The number of hydrazine groups is 1. The zero-order valence-corrected chi connectivity index (χ0v) is 18.2. The van der Waals surface area contributed by atoms with E-state index in [-0.39, 0.29) is 23.5 Å². The van der Waals surface area contributed by atoms with Gasteiger partial charge in [0, 0.05) is 49.5 Å². The quantitative estimate of drug-likeness (QED) is 0.445. The van der Waals surface area contributed by atoms with Gasteiger partial charge in [0.25, 0.3) is 5.91 Å². The Labute approximate surface area is 187 Å². The first-order valence-electron chi connectivity index (χ1n) is 11.0. The van der Waals surface area contributed by atoms with Gasteiger partial charge in [-0.3, -0.25) is 20.3 Å². The molecule has 2 heterocycles. The number of hydrogen-bond acceptors (Lipinski definition) is 8. The minimum atomic E-state index is -0.415. The Balaban J connectivity index is 1.40. The van der Waals surface area contributed by atoms with E-state index in [9.17, 15) is 14.9 Å². The van der Waals surface area contributed by atoms with Gasteiger partial charge in [-0.05, 0) is 50.2 Å². The molecule has 1 amide bonds. The fourth-order valence-electron chi connectivity index (χ4n) is 4.02. The van der Waals surface area contributed by atoms with Crippen LogP contribution in [0.1, 0.15) is 36.0 Å². The van der Waals surface area contributed by atoms with Crippen molar-refractivity contribution in [2.45, 2.75) is 31.7 Å². The monoisotopic (exact) mass is 439 g/mol. The van der Waals surface area contributed by atoms with Crippen LogP contribution in [0.25, 0.3) is 0 Å². The van der Waals surface area contributed by atoms with Crippen molar-refractivity contribution >= 4 is 28.9 Å². The third-order valence-corrected chi connectivity index (χ3v) is 5.95. The Morgan fingerprint density at radius 2 is 1.75 bits per heavy atom. The average molecular weight is 440 g/mol. The van der Waals surface area contributed by atoms with Crippen LogP contribution >= 0.6 is 0 Å². The molecule has 2 fully saturated rings. The number of nitrogens with zero attached hydrogens (tertiary/aromatic N) is 4. The SMILES string of the molecule is CN1CCN(NC(=O)c2ccc(Nc3ccc([N+](=O)[O-])c(NC4CCCC4)n3)cc2)CC1. The largest absolute Gasteiger partial charge is 0.362 e. The van der Waals surface area contributed by atoms with Crippen LogP contribution in [0.4, 0.5) is 23.0 Å². The average Bonchev–Trinajstić information content (AvgIpc) is 3.29. The summed E-state index contributed by atoms with van der Waals surface area (Å²) in [5.41, 5.74) is 4.23. The van der Waals surface area contributed by atoms with E-state index in [0.717, 1.165) is 57.5 Å². The summed E-state index contributed by atoms with van der Waals surface area (Å²) in [4.78, 5) is 30.1. The Morgan fingerprint density at radius 1 is 1.06 bits per heavy atom. The van der Waals surface area contributed by atoms with Gasteiger partial charge in [-0.15, -0.1) is 0 Å². The molecule has 4 rings (SSSR count). The lowest BCUT2D eigenvalue weighted by molar-refractivity contribution is -0.384. The Bertz CT molecular complexity index is 952. The number of carbonyl (C=O) groups excluding carboxylic acids is 1. The molecule has 0 spiro atoms. The fourth-order valence-corrected chi connectivity index (χ4v) is 4.02. The number of anilines is 3. The summed E-state index contributed by atoms with van der Waals surface area (Å²) in [7, 11) is 2.07. The number of rotatable bonds is 7. The molecule has 2 aliphatic rings. The zero-order valence-electron chi connectivity index (χ0n) is 18.2. The number of nitro groups is 1. The van der Waals surface area contributed by atoms with Crippen LogP contribution in [-0.4, -0.2) is 65.0 Å². The Morgan fingerprint density at radius 3 is 2.41 bits per heavy atom. The van der Waals surface area contributed by atoms with Gasteiger partial charge in [0.1, 0.15) is 5.82 Å². The molecule has 170 valence electrons. The van der Waals surface area contributed by atoms with Crippen molar-refractivity contribution in [2.24, 2.45) is 0 Å². The molecule has 0 radical (unpaired) electrons. The van der Waals surface area contributed by atoms with Crippen LogP contribution in [0.2, 0.25) is 0 Å². The minimum absolute atomic E-state index is 0.0293. The van der Waals surface area contributed by atoms with Gasteiger partial charge in [-0.1, -0.05) is 12.8 Å². The lowest BCUT2D eigenvalue weighted by Gasteiger charge is -2.32. The van der Waals surface area contributed by atoms with E-state index in [1.54, 1.807) is 30.3 Å². The zero-order chi connectivity index (χ0) is 22.5. The highest BCUT2D eigenvalue weighted by atomic mass is 16.6. The Kier molecular flexibility index (Phi) is 6.81. The van der Waals surface area contributed by atoms with Gasteiger partial charge < -0.3 is 15.5 Å². The van der Waals surface area contributed by atoms with E-state index >= 15 is 0 Å². The third kappa shape index (κ3) is 5.51. The predicted octanol–water partition coefficient (Wildman–Crippen LogP) is 2.98. The van der Waals surface area contributed by atoms with E-state index in [1.807, 2.05) is 5.01 Å². The molecule has 3 N–H and O–H groups in total. The first-order chi connectivity index (χ1) is 15.5. The van der Waals surface area contributed by atoms with Crippen molar-refractivity contribution < 1.29 is 9.72 Å². The van der Waals surface area contributed by atoms with Crippen LogP contribution in [0.5, 0.6) is 0 Å². The van der Waals surface area contributed by atoms with Gasteiger partial charge in [0.2, 0.25) is 5.82 Å². The van der Waals surface area contributed by atoms with E-state index in [0.29, 0.717) is 11.4 Å². The first kappa shape index (κ1) is 22.0. The molecule has 10 nitrogen and oxygen atoms in total. The van der Waals surface area contributed by atoms with Crippen LogP contribution in [-0.2, 0) is 0 Å². The van der Waals surface area contributed by atoms with Gasteiger partial charge >= 0.3 is 5.69 Å². The molecule has 1 saturated carbocycles. The topological polar surface area (TPSA) is 116 Å². The van der Waals surface area contributed by atoms with Crippen molar-refractivity contribution in [1.29, 1.82) is 0 Å². The van der Waals surface area contributed by atoms with Gasteiger partial charge in [-0.25, -0.2) is 9.99 Å². The number of amides is 1. The van der Waals surface area contributed by atoms with Crippen molar-refractivity contribution in [2.75, 3.05) is 43.9 Å². The lowest BCUT2D eigenvalue weighted by atomic mass is 10.2. The number of piperazine rings is 1. The molecule has 32 heavy (non-hydrogen) atoms. The molecule has 0 unspecified atom stereocenters. The summed E-state index contributed by atoms with van der Waals surface area (Å²) in [6.07, 6.45) is 4.23. The second-order valence-corrected chi connectivity index (χ2v) is 8.38. The molecule has 0 bridgehead atoms. The van der Waals surface area contributed by atoms with Crippen LogP contribution in [0.15, 0.2) is 36.4 Å². The molecular formula is C22H29N7O3. The first-order valence-corrected chi connectivity index (χ1v) is 11.0. The molecule has 1 aromatic carbocycles. The maximum Gasteiger partial charge on any atom is 0.311 e. The van der Waals surface area contributed by atoms with Crippen molar-refractivity contribution in [1.82, 2.24) is 20.3 Å². The predicted molar refractivity (Wildman–Crippen MR) is 123 cm³/mol. The molecule has 10 heteroatoms. The van der Waals surface area contributed by atoms with Crippen LogP contribution in [0.3, 0.4) is 0 Å². The maximum atomic E-state index is 12.5. The van der Waals surface area contributed by atoms with Crippen LogP contribution in [0, 0.1) is 10.1 Å². The summed E-state index contributed by atoms with van der Waals surface area (Å²) in [5.74, 6) is 0.651. The minimum Gasteiger partial charge on any atom is -0.362 e. The van der Waals surface area contributed by atoms with Crippen molar-refractivity contribution in [3.63, 3.8) is 0 Å². The summed E-state index contributed by atoms with van der Waals surface area (Å²) in [6.45, 7) is 3.43. The highest BCUT2D eigenvalue weighted by molar-refractivity contribution is 5.94. The molecule has 1 aliphatic heterocycles. The van der Waals surface area contributed by atoms with E-state index in [4.69, 9.17) is 0 Å². The summed E-state index contributed by atoms with van der Waals surface area (Å²) < 4.78 is 0. The standard InChI is InChI=1S/C22H29N7O3/c1-27-12-14-28(15-13-27)26-22(30)16-6-8-18(9-7-16)23-20-11-10-19(29(31)32)21(25-20)24-17-4-2-3-5-17/h6-11,17H,2-5,12-15H2,1H3,(H,26,30)(H2,23,24,25). The smallest absolute Gasteiger partial charge is 0.311 e. The molecule has 1 aromatic heterocycles. The molecule has 1 aliphatic carbocycles. The molecular weight excluding hydrogens is 410 g/mol. The molecule has 0 atom stereocenters. The Hall–Kier alpha value is -3.24. The normalized spacial score (nSPS) is 17.8. The number of aromatic nitrogens is 1. The summed E-state index contributed by atoms with van der Waals surface area (Å²) >= 11 is 0. The molecule has 1 saturated heterocycles. The van der Waals surface area contributed by atoms with Gasteiger partial charge in [0.05, 0.1) is 4.92 Å².